The Balaban J connectivity index is 2.61. The van der Waals surface area contributed by atoms with Gasteiger partial charge in [0.25, 0.3) is 0 Å². The smallest absolute Gasteiger partial charge is 0.322 e. The van der Waals surface area contributed by atoms with Crippen LogP contribution >= 0.6 is 0 Å². The largest absolute Gasteiger partial charge is 0.468 e. The van der Waals surface area contributed by atoms with Crippen molar-refractivity contribution in [2.45, 2.75) is 65.6 Å². The third-order valence-electron chi connectivity index (χ3n) is 3.70. The topological polar surface area (TPSA) is 56.2 Å². The lowest BCUT2D eigenvalue weighted by Crippen LogP contribution is -2.38. The van der Waals surface area contributed by atoms with Crippen molar-refractivity contribution in [3.05, 3.63) is 18.0 Å². The summed E-state index contributed by atoms with van der Waals surface area (Å²) < 4.78 is 6.87. The van der Waals surface area contributed by atoms with Crippen molar-refractivity contribution >= 4 is 5.97 Å². The summed E-state index contributed by atoms with van der Waals surface area (Å²) in [5.41, 5.74) is 0.958. The van der Waals surface area contributed by atoms with E-state index in [1.807, 2.05) is 16.9 Å². The van der Waals surface area contributed by atoms with E-state index in [1.165, 1.54) is 7.11 Å². The molecule has 0 bridgehead atoms. The van der Waals surface area contributed by atoms with Crippen molar-refractivity contribution in [3.63, 3.8) is 0 Å². The second-order valence-electron chi connectivity index (χ2n) is 5.84. The van der Waals surface area contributed by atoms with Gasteiger partial charge in [0, 0.05) is 12.7 Å². The summed E-state index contributed by atoms with van der Waals surface area (Å²) in [6.07, 6.45) is 4.93. The second-order valence-corrected chi connectivity index (χ2v) is 5.84. The minimum Gasteiger partial charge on any atom is -0.468 e. The zero-order valence-corrected chi connectivity index (χ0v) is 13.9. The third kappa shape index (κ3) is 5.50. The molecule has 1 rings (SSSR count). The molecule has 0 saturated carbocycles. The number of methoxy groups -OCH3 is 1. The van der Waals surface area contributed by atoms with Gasteiger partial charge >= 0.3 is 5.97 Å². The molecular weight excluding hydrogens is 266 g/mol. The first kappa shape index (κ1) is 17.7. The SMILES string of the molecule is CCC(CC)n1ccc(CNC(CC(C)C)C(=O)OC)n1. The van der Waals surface area contributed by atoms with Crippen molar-refractivity contribution in [2.24, 2.45) is 5.92 Å². The summed E-state index contributed by atoms with van der Waals surface area (Å²) in [7, 11) is 1.43. The second kappa shape index (κ2) is 8.82. The first-order valence-electron chi connectivity index (χ1n) is 7.86. The van der Waals surface area contributed by atoms with Gasteiger partial charge in [0.2, 0.25) is 0 Å². The first-order valence-corrected chi connectivity index (χ1v) is 7.86. The molecule has 1 heterocycles. The summed E-state index contributed by atoms with van der Waals surface area (Å²) in [6, 6.07) is 2.19. The van der Waals surface area contributed by atoms with E-state index in [9.17, 15) is 4.79 Å². The van der Waals surface area contributed by atoms with Gasteiger partial charge in [-0.25, -0.2) is 0 Å². The van der Waals surface area contributed by atoms with Crippen molar-refractivity contribution in [1.82, 2.24) is 15.1 Å². The molecular formula is C16H29N3O2. The highest BCUT2D eigenvalue weighted by molar-refractivity contribution is 5.75. The number of ether oxygens (including phenoxy) is 1. The number of esters is 1. The summed E-state index contributed by atoms with van der Waals surface area (Å²) >= 11 is 0. The van der Waals surface area contributed by atoms with Crippen LogP contribution in [0.1, 0.15) is 58.7 Å². The van der Waals surface area contributed by atoms with Crippen LogP contribution in [-0.2, 0) is 16.1 Å². The van der Waals surface area contributed by atoms with Crippen LogP contribution in [0.25, 0.3) is 0 Å². The van der Waals surface area contributed by atoms with Crippen LogP contribution in [0.2, 0.25) is 0 Å². The van der Waals surface area contributed by atoms with E-state index in [1.54, 1.807) is 0 Å². The standard InChI is InChI=1S/C16H29N3O2/c1-6-14(7-2)19-9-8-13(18-19)11-17-15(10-12(3)4)16(20)21-5/h8-9,12,14-15,17H,6-7,10-11H2,1-5H3. The molecule has 0 radical (unpaired) electrons. The molecule has 1 unspecified atom stereocenters. The Hall–Kier alpha value is -1.36. The van der Waals surface area contributed by atoms with E-state index in [-0.39, 0.29) is 12.0 Å². The highest BCUT2D eigenvalue weighted by Crippen LogP contribution is 2.14. The maximum atomic E-state index is 11.8. The normalized spacial score (nSPS) is 12.9. The van der Waals surface area contributed by atoms with E-state index in [2.05, 4.69) is 38.1 Å². The molecule has 0 aliphatic heterocycles. The van der Waals surface area contributed by atoms with Gasteiger partial charge in [-0.3, -0.25) is 14.8 Å². The monoisotopic (exact) mass is 295 g/mol. The molecule has 21 heavy (non-hydrogen) atoms. The summed E-state index contributed by atoms with van der Waals surface area (Å²) in [5.74, 6) is 0.229. The van der Waals surface area contributed by atoms with Crippen LogP contribution in [0.5, 0.6) is 0 Å². The lowest BCUT2D eigenvalue weighted by atomic mass is 10.0. The van der Waals surface area contributed by atoms with Gasteiger partial charge in [-0.1, -0.05) is 27.7 Å². The number of aromatic nitrogens is 2. The van der Waals surface area contributed by atoms with Crippen LogP contribution in [0.3, 0.4) is 0 Å². The lowest BCUT2D eigenvalue weighted by molar-refractivity contribution is -0.143. The quantitative estimate of drug-likeness (QED) is 0.712. The highest BCUT2D eigenvalue weighted by atomic mass is 16.5. The number of carbonyl (C=O) groups is 1. The molecule has 0 spiro atoms. The Bertz CT molecular complexity index is 425. The fourth-order valence-electron chi connectivity index (χ4n) is 2.44. The van der Waals surface area contributed by atoms with Crippen LogP contribution in [-0.4, -0.2) is 28.9 Å². The predicted molar refractivity (Wildman–Crippen MR) is 83.9 cm³/mol. The Kier molecular flexibility index (Phi) is 7.43. The molecule has 1 aromatic heterocycles. The molecule has 0 amide bonds. The van der Waals surface area contributed by atoms with E-state index >= 15 is 0 Å². The first-order chi connectivity index (χ1) is 10.0. The molecule has 1 atom stereocenters. The number of rotatable bonds is 9. The number of hydrogen-bond donors (Lipinski definition) is 1. The molecule has 0 aliphatic carbocycles. The average molecular weight is 295 g/mol. The molecule has 0 aliphatic rings. The molecule has 5 heteroatoms. The number of nitrogens with one attached hydrogen (secondary N) is 1. The lowest BCUT2D eigenvalue weighted by Gasteiger charge is -2.17. The van der Waals surface area contributed by atoms with E-state index in [4.69, 9.17) is 4.74 Å². The minimum absolute atomic E-state index is 0.205. The van der Waals surface area contributed by atoms with Crippen LogP contribution in [0, 0.1) is 5.92 Å². The molecule has 1 N–H and O–H groups in total. The summed E-state index contributed by atoms with van der Waals surface area (Å²) in [5, 5.41) is 7.85. The summed E-state index contributed by atoms with van der Waals surface area (Å²) in [6.45, 7) is 9.12. The van der Waals surface area contributed by atoms with Crippen LogP contribution < -0.4 is 5.32 Å². The predicted octanol–water partition coefficient (Wildman–Crippen LogP) is 2.92. The van der Waals surface area contributed by atoms with Crippen LogP contribution in [0.15, 0.2) is 12.3 Å². The number of hydrogen-bond acceptors (Lipinski definition) is 4. The Morgan fingerprint density at radius 3 is 2.57 bits per heavy atom. The van der Waals surface area contributed by atoms with E-state index in [0.29, 0.717) is 18.5 Å². The maximum Gasteiger partial charge on any atom is 0.322 e. The van der Waals surface area contributed by atoms with Crippen molar-refractivity contribution in [2.75, 3.05) is 7.11 Å². The van der Waals surface area contributed by atoms with Crippen LogP contribution in [0.4, 0.5) is 0 Å². The fraction of sp³-hybridized carbons (Fsp3) is 0.750. The van der Waals surface area contributed by atoms with Gasteiger partial charge in [0.15, 0.2) is 0 Å². The molecule has 0 fully saturated rings. The van der Waals surface area contributed by atoms with E-state index in [0.717, 1.165) is 25.0 Å². The summed E-state index contributed by atoms with van der Waals surface area (Å²) in [4.78, 5) is 11.8. The molecule has 1 aromatic rings. The zero-order chi connectivity index (χ0) is 15.8. The molecule has 0 saturated heterocycles. The zero-order valence-electron chi connectivity index (χ0n) is 13.9. The van der Waals surface area contributed by atoms with Gasteiger partial charge in [-0.05, 0) is 31.2 Å². The molecule has 120 valence electrons. The Labute approximate surface area is 128 Å². The van der Waals surface area contributed by atoms with Gasteiger partial charge in [0.1, 0.15) is 6.04 Å². The number of carbonyl (C=O) groups excluding carboxylic acids is 1. The number of nitrogens with zero attached hydrogens (tertiary/aromatic N) is 2. The van der Waals surface area contributed by atoms with Gasteiger partial charge < -0.3 is 4.74 Å². The van der Waals surface area contributed by atoms with Gasteiger partial charge in [-0.2, -0.15) is 5.10 Å². The van der Waals surface area contributed by atoms with Gasteiger partial charge in [0.05, 0.1) is 18.8 Å². The molecule has 0 aromatic carbocycles. The Morgan fingerprint density at radius 1 is 1.38 bits per heavy atom. The van der Waals surface area contributed by atoms with E-state index < -0.39 is 0 Å². The van der Waals surface area contributed by atoms with Crippen molar-refractivity contribution in [1.29, 1.82) is 0 Å². The highest BCUT2D eigenvalue weighted by Gasteiger charge is 2.20. The minimum atomic E-state index is -0.270. The average Bonchev–Trinajstić information content (AvgIpc) is 2.92. The van der Waals surface area contributed by atoms with Crippen molar-refractivity contribution < 1.29 is 9.53 Å². The van der Waals surface area contributed by atoms with Crippen molar-refractivity contribution in [3.8, 4) is 0 Å². The third-order valence-corrected chi connectivity index (χ3v) is 3.70. The molecule has 5 nitrogen and oxygen atoms in total. The fourth-order valence-corrected chi connectivity index (χ4v) is 2.44. The maximum absolute atomic E-state index is 11.8. The Morgan fingerprint density at radius 2 is 2.05 bits per heavy atom. The van der Waals surface area contributed by atoms with Gasteiger partial charge in [-0.15, -0.1) is 0 Å².